The van der Waals surface area contributed by atoms with Crippen LogP contribution in [0.3, 0.4) is 0 Å². The van der Waals surface area contributed by atoms with Crippen molar-refractivity contribution in [2.45, 2.75) is 98.3 Å². The van der Waals surface area contributed by atoms with Gasteiger partial charge < -0.3 is 4.57 Å². The molecule has 8 rings (SSSR count). The zero-order chi connectivity index (χ0) is 39.0. The van der Waals surface area contributed by atoms with Gasteiger partial charge >= 0.3 is 0 Å². The van der Waals surface area contributed by atoms with Gasteiger partial charge in [-0.05, 0) is 102 Å². The predicted molar refractivity (Wildman–Crippen MR) is 243 cm³/mol. The van der Waals surface area contributed by atoms with Crippen LogP contribution in [0.2, 0.25) is 0 Å². The minimum atomic E-state index is -2.99. The molecule has 2 atom stereocenters. The van der Waals surface area contributed by atoms with Crippen molar-refractivity contribution in [2.75, 3.05) is 0 Å². The molecule has 2 saturated carbocycles. The third-order valence-corrected chi connectivity index (χ3v) is 16.7. The number of benzene rings is 6. The van der Waals surface area contributed by atoms with Gasteiger partial charge in [-0.25, -0.2) is 0 Å². The van der Waals surface area contributed by atoms with Crippen LogP contribution in [0.1, 0.15) is 89.5 Å². The first-order chi connectivity index (χ1) is 27.0. The Morgan fingerprint density at radius 2 is 1.02 bits per heavy atom. The van der Waals surface area contributed by atoms with Crippen LogP contribution in [0, 0.1) is 53.4 Å². The van der Waals surface area contributed by atoms with Crippen molar-refractivity contribution in [3.8, 4) is 0 Å². The van der Waals surface area contributed by atoms with E-state index in [1.54, 1.807) is 0 Å². The van der Waals surface area contributed by atoms with E-state index in [-0.39, 0.29) is 12.1 Å². The van der Waals surface area contributed by atoms with Crippen molar-refractivity contribution in [2.24, 2.45) is 11.8 Å². The zero-order valence-corrected chi connectivity index (χ0v) is 35.3. The minimum Gasteiger partial charge on any atom is -0.309 e. The highest BCUT2D eigenvalue weighted by Gasteiger charge is 2.43. The first-order valence-corrected chi connectivity index (χ1v) is 22.8. The van der Waals surface area contributed by atoms with Crippen molar-refractivity contribution < 1.29 is 4.57 Å². The Kier molecular flexibility index (Phi) is 10.9. The van der Waals surface area contributed by atoms with E-state index in [1.165, 1.54) is 99.4 Å². The summed E-state index contributed by atoms with van der Waals surface area (Å²) in [6.07, 6.45) is 10.3. The number of aryl methyl sites for hydroxylation is 7. The Balaban J connectivity index is 1.14. The van der Waals surface area contributed by atoms with Gasteiger partial charge in [-0.15, -0.1) is 0 Å². The normalized spacial score (nSPS) is 19.5. The fourth-order valence-corrected chi connectivity index (χ4v) is 14.0. The van der Waals surface area contributed by atoms with Crippen LogP contribution >= 0.6 is 7.14 Å². The topological polar surface area (TPSA) is 17.1 Å². The second kappa shape index (κ2) is 15.9. The van der Waals surface area contributed by atoms with Crippen molar-refractivity contribution >= 4 is 46.2 Å². The molecule has 6 aromatic rings. The second-order valence-electron chi connectivity index (χ2n) is 17.7. The molecule has 2 aliphatic rings. The molecule has 0 N–H and O–H groups in total. The fraction of sp³-hybridized carbons (Fsp3) is 0.321. The molecule has 1 nitrogen and oxygen atoms in total. The van der Waals surface area contributed by atoms with E-state index in [0.29, 0.717) is 0 Å². The smallest absolute Gasteiger partial charge is 0.242 e. The quantitative estimate of drug-likeness (QED) is 0.101. The van der Waals surface area contributed by atoms with Gasteiger partial charge in [-0.3, -0.25) is 0 Å². The number of hydrogen-bond acceptors (Lipinski definition) is 1. The molecule has 6 aromatic carbocycles. The van der Waals surface area contributed by atoms with E-state index < -0.39 is 7.14 Å². The molecule has 3 heteroatoms. The molecule has 0 radical (unpaired) electrons. The van der Waals surface area contributed by atoms with E-state index in [2.05, 4.69) is 114 Å². The molecule has 284 valence electrons. The maximum Gasteiger partial charge on any atom is 0.242 e. The van der Waals surface area contributed by atoms with Gasteiger partial charge in [-0.1, -0.05) is 202 Å². The average Bonchev–Trinajstić information content (AvgIpc) is 3.19. The van der Waals surface area contributed by atoms with Crippen LogP contribution in [0.25, 0.3) is 0 Å². The van der Waals surface area contributed by atoms with Crippen LogP contribution in [-0.4, -0.2) is 6.71 Å². The number of hydrogen-bond donors (Lipinski definition) is 0. The summed E-state index contributed by atoms with van der Waals surface area (Å²) in [5.74, 6) is 1.63. The van der Waals surface area contributed by atoms with Gasteiger partial charge in [0.2, 0.25) is 6.71 Å². The van der Waals surface area contributed by atoms with Crippen molar-refractivity contribution in [3.05, 3.63) is 178 Å². The Bertz CT molecular complexity index is 2200. The Morgan fingerprint density at radius 1 is 0.571 bits per heavy atom. The van der Waals surface area contributed by atoms with Crippen LogP contribution < -0.4 is 32.3 Å². The summed E-state index contributed by atoms with van der Waals surface area (Å²) < 4.78 is 15.0. The summed E-state index contributed by atoms with van der Waals surface area (Å²) in [5.41, 5.74) is 15.5. The van der Waals surface area contributed by atoms with Crippen LogP contribution in [0.5, 0.6) is 0 Å². The molecular weight excluding hydrogens is 694 g/mol. The lowest BCUT2D eigenvalue weighted by Crippen LogP contribution is -2.56. The van der Waals surface area contributed by atoms with Crippen molar-refractivity contribution in [1.29, 1.82) is 0 Å². The van der Waals surface area contributed by atoms with Crippen LogP contribution in [0.15, 0.2) is 133 Å². The summed E-state index contributed by atoms with van der Waals surface area (Å²) in [6, 6.07) is 48.4. The van der Waals surface area contributed by atoms with Gasteiger partial charge in [0.05, 0.1) is 0 Å². The summed E-state index contributed by atoms with van der Waals surface area (Å²) in [6.45, 7) is 13.8. The lowest BCUT2D eigenvalue weighted by atomic mass is 9.34. The Morgan fingerprint density at radius 3 is 1.48 bits per heavy atom. The Hall–Kier alpha value is -4.39. The standard InChI is InChI=1S/C53H58BOP/c1-37-30-39(3)51(40(4)31-37)54(52-41(5)32-38(2)33-42(52)6)47-24-22-46(23-25-47)53(35-44-14-13-15-45(34-44)36-53)29-28-43-20-26-50(27-21-43)56(55,48-16-9-7-10-17-48)49-18-11-8-12-19-49/h7-12,16-27,30-33,44-45H,13-15,28-29,34-36H2,1-6H3. The molecule has 2 fully saturated rings. The SMILES string of the molecule is Cc1cc(C)c(B(c2ccc(C3(CCc4ccc(P(=O)(c5ccccc5)c5ccccc5)cc4)CC4CCCC(C4)C3)cc2)c2c(C)cc(C)cc2C)c(C)c1. The van der Waals surface area contributed by atoms with Crippen molar-refractivity contribution in [3.63, 3.8) is 0 Å². The van der Waals surface area contributed by atoms with Gasteiger partial charge in [0.15, 0.2) is 7.14 Å². The predicted octanol–water partition coefficient (Wildman–Crippen LogP) is 10.2. The largest absolute Gasteiger partial charge is 0.309 e. The van der Waals surface area contributed by atoms with E-state index in [4.69, 9.17) is 0 Å². The van der Waals surface area contributed by atoms with Gasteiger partial charge in [-0.2, -0.15) is 0 Å². The molecule has 0 aliphatic heterocycles. The molecule has 0 aromatic heterocycles. The highest BCUT2D eigenvalue weighted by molar-refractivity contribution is 7.85. The lowest BCUT2D eigenvalue weighted by molar-refractivity contribution is 0.103. The van der Waals surface area contributed by atoms with E-state index in [1.807, 2.05) is 60.7 Å². The first kappa shape index (κ1) is 38.5. The molecular formula is C53H58BOP. The summed E-state index contributed by atoms with van der Waals surface area (Å²) in [7, 11) is -2.99. The number of rotatable bonds is 10. The third kappa shape index (κ3) is 7.43. The lowest BCUT2D eigenvalue weighted by Gasteiger charge is -2.48. The third-order valence-electron chi connectivity index (χ3n) is 13.6. The molecule has 2 unspecified atom stereocenters. The summed E-state index contributed by atoms with van der Waals surface area (Å²) >= 11 is 0. The second-order valence-corrected chi connectivity index (χ2v) is 20.5. The highest BCUT2D eigenvalue weighted by Crippen LogP contribution is 2.52. The molecule has 56 heavy (non-hydrogen) atoms. The number of fused-ring (bicyclic) bond motifs is 2. The fourth-order valence-electron chi connectivity index (χ4n) is 11.3. The minimum absolute atomic E-state index is 0.162. The molecule has 0 heterocycles. The monoisotopic (exact) mass is 752 g/mol. The van der Waals surface area contributed by atoms with Gasteiger partial charge in [0.25, 0.3) is 0 Å². The van der Waals surface area contributed by atoms with Gasteiger partial charge in [0.1, 0.15) is 0 Å². The van der Waals surface area contributed by atoms with Crippen LogP contribution in [0.4, 0.5) is 0 Å². The Labute approximate surface area is 337 Å². The van der Waals surface area contributed by atoms with Crippen LogP contribution in [-0.2, 0) is 16.4 Å². The molecule has 0 saturated heterocycles. The summed E-state index contributed by atoms with van der Waals surface area (Å²) in [4.78, 5) is 0. The molecule has 0 amide bonds. The maximum absolute atomic E-state index is 15.0. The molecule has 2 aliphatic carbocycles. The summed E-state index contributed by atoms with van der Waals surface area (Å²) in [5, 5.41) is 2.68. The molecule has 2 bridgehead atoms. The van der Waals surface area contributed by atoms with E-state index in [0.717, 1.165) is 40.6 Å². The first-order valence-electron chi connectivity index (χ1n) is 21.1. The van der Waals surface area contributed by atoms with E-state index in [9.17, 15) is 0 Å². The zero-order valence-electron chi connectivity index (χ0n) is 34.4. The van der Waals surface area contributed by atoms with E-state index >= 15 is 4.57 Å². The van der Waals surface area contributed by atoms with Gasteiger partial charge in [0, 0.05) is 15.9 Å². The molecule has 0 spiro atoms. The average molecular weight is 753 g/mol. The highest BCUT2D eigenvalue weighted by atomic mass is 31.2. The maximum atomic E-state index is 15.0. The van der Waals surface area contributed by atoms with Crippen molar-refractivity contribution in [1.82, 2.24) is 0 Å².